The molecule has 1 heterocycles. The number of nitrogens with zero attached hydrogens (tertiary/aromatic N) is 1. The van der Waals surface area contributed by atoms with Gasteiger partial charge in [0, 0.05) is 4.47 Å². The van der Waals surface area contributed by atoms with E-state index >= 15 is 0 Å². The van der Waals surface area contributed by atoms with Gasteiger partial charge in [0.15, 0.2) is 0 Å². The van der Waals surface area contributed by atoms with Crippen LogP contribution < -0.4 is 4.90 Å². The van der Waals surface area contributed by atoms with Gasteiger partial charge in [0.25, 0.3) is 11.7 Å². The molecule has 23 heavy (non-hydrogen) atoms. The molecule has 0 aliphatic carbocycles. The van der Waals surface area contributed by atoms with Crippen molar-refractivity contribution < 1.29 is 22.8 Å². The van der Waals surface area contributed by atoms with Crippen LogP contribution in [0, 0.1) is 0 Å². The van der Waals surface area contributed by atoms with Crippen molar-refractivity contribution in [1.82, 2.24) is 0 Å². The van der Waals surface area contributed by atoms with Crippen LogP contribution in [0.1, 0.15) is 21.5 Å². The smallest absolute Gasteiger partial charge is 0.300 e. The second-order valence-corrected chi connectivity index (χ2v) is 5.99. The Balaban J connectivity index is 1.90. The number of Topliss-reactive ketones (excluding diaryl/α,β-unsaturated/α-hetero) is 1. The third-order valence-corrected chi connectivity index (χ3v) is 4.05. The van der Waals surface area contributed by atoms with Gasteiger partial charge in [0.05, 0.1) is 23.4 Å². The van der Waals surface area contributed by atoms with E-state index in [1.807, 2.05) is 0 Å². The zero-order valence-corrected chi connectivity index (χ0v) is 13.1. The predicted octanol–water partition coefficient (Wildman–Crippen LogP) is 4.20. The zero-order chi connectivity index (χ0) is 16.8. The SMILES string of the molecule is O=C1C(=O)N(Cc2ccc(C(F)(F)F)cc2)c2cc(Br)ccc21. The van der Waals surface area contributed by atoms with Gasteiger partial charge in [0.1, 0.15) is 0 Å². The lowest BCUT2D eigenvalue weighted by Gasteiger charge is -2.17. The summed E-state index contributed by atoms with van der Waals surface area (Å²) in [6.07, 6.45) is -4.41. The van der Waals surface area contributed by atoms with Crippen LogP contribution in [-0.2, 0) is 17.5 Å². The molecule has 3 nitrogen and oxygen atoms in total. The van der Waals surface area contributed by atoms with E-state index < -0.39 is 23.4 Å². The number of carbonyl (C=O) groups excluding carboxylic acids is 2. The van der Waals surface area contributed by atoms with Gasteiger partial charge in [-0.3, -0.25) is 9.59 Å². The Labute approximate surface area is 137 Å². The first-order valence-electron chi connectivity index (χ1n) is 6.59. The number of benzene rings is 2. The summed E-state index contributed by atoms with van der Waals surface area (Å²) in [5, 5.41) is 0. The molecule has 0 spiro atoms. The quantitative estimate of drug-likeness (QED) is 0.728. The number of ketones is 1. The first kappa shape index (κ1) is 15.7. The highest BCUT2D eigenvalue weighted by Gasteiger charge is 2.36. The van der Waals surface area contributed by atoms with Crippen molar-refractivity contribution in [2.24, 2.45) is 0 Å². The molecule has 2 aromatic carbocycles. The minimum atomic E-state index is -4.41. The van der Waals surface area contributed by atoms with E-state index in [1.165, 1.54) is 17.0 Å². The number of hydrogen-bond donors (Lipinski definition) is 0. The van der Waals surface area contributed by atoms with Crippen molar-refractivity contribution in [1.29, 1.82) is 0 Å². The van der Waals surface area contributed by atoms with E-state index in [1.54, 1.807) is 18.2 Å². The van der Waals surface area contributed by atoms with Crippen LogP contribution in [0.2, 0.25) is 0 Å². The molecule has 118 valence electrons. The van der Waals surface area contributed by atoms with Gasteiger partial charge in [-0.05, 0) is 35.9 Å². The summed E-state index contributed by atoms with van der Waals surface area (Å²) >= 11 is 3.27. The normalized spacial score (nSPS) is 14.3. The van der Waals surface area contributed by atoms with Crippen LogP contribution in [0.3, 0.4) is 0 Å². The van der Waals surface area contributed by atoms with E-state index in [0.717, 1.165) is 12.1 Å². The molecule has 1 amide bonds. The van der Waals surface area contributed by atoms with Crippen molar-refractivity contribution >= 4 is 33.3 Å². The summed E-state index contributed by atoms with van der Waals surface area (Å²) < 4.78 is 38.4. The molecule has 0 aromatic heterocycles. The lowest BCUT2D eigenvalue weighted by Crippen LogP contribution is -2.29. The molecule has 0 saturated heterocycles. The molecule has 1 aliphatic rings. The standard InChI is InChI=1S/C16H9BrF3NO2/c17-11-5-6-12-13(7-11)21(15(23)14(12)22)8-9-1-3-10(4-2-9)16(18,19)20/h1-7H,8H2. The monoisotopic (exact) mass is 383 g/mol. The Morgan fingerprint density at radius 2 is 1.65 bits per heavy atom. The highest BCUT2D eigenvalue weighted by Crippen LogP contribution is 2.33. The van der Waals surface area contributed by atoms with Gasteiger partial charge in [-0.25, -0.2) is 0 Å². The number of alkyl halides is 3. The van der Waals surface area contributed by atoms with Crippen LogP contribution in [0.5, 0.6) is 0 Å². The number of anilines is 1. The van der Waals surface area contributed by atoms with E-state index in [9.17, 15) is 22.8 Å². The van der Waals surface area contributed by atoms with Gasteiger partial charge in [0.2, 0.25) is 0 Å². The Hall–Kier alpha value is -2.15. The molecular formula is C16H9BrF3NO2. The molecule has 0 radical (unpaired) electrons. The van der Waals surface area contributed by atoms with Gasteiger partial charge in [-0.2, -0.15) is 13.2 Å². The summed E-state index contributed by atoms with van der Waals surface area (Å²) in [5.74, 6) is -1.29. The Bertz CT molecular complexity index is 800. The molecule has 7 heteroatoms. The fourth-order valence-electron chi connectivity index (χ4n) is 2.41. The van der Waals surface area contributed by atoms with Gasteiger partial charge in [-0.15, -0.1) is 0 Å². The zero-order valence-electron chi connectivity index (χ0n) is 11.5. The number of carbonyl (C=O) groups is 2. The summed E-state index contributed by atoms with van der Waals surface area (Å²) in [6, 6.07) is 9.37. The number of halogens is 4. The molecule has 0 unspecified atom stereocenters. The van der Waals surface area contributed by atoms with E-state index in [0.29, 0.717) is 21.3 Å². The Morgan fingerprint density at radius 3 is 2.26 bits per heavy atom. The fourth-order valence-corrected chi connectivity index (χ4v) is 2.75. The van der Waals surface area contributed by atoms with Gasteiger partial charge in [-0.1, -0.05) is 28.1 Å². The minimum absolute atomic E-state index is 0.0339. The molecule has 0 N–H and O–H groups in total. The van der Waals surface area contributed by atoms with Crippen LogP contribution in [0.15, 0.2) is 46.9 Å². The lowest BCUT2D eigenvalue weighted by atomic mass is 10.1. The lowest BCUT2D eigenvalue weighted by molar-refractivity contribution is -0.137. The van der Waals surface area contributed by atoms with Crippen molar-refractivity contribution in [2.45, 2.75) is 12.7 Å². The second kappa shape index (κ2) is 5.49. The highest BCUT2D eigenvalue weighted by atomic mass is 79.9. The first-order chi connectivity index (χ1) is 10.8. The maximum atomic E-state index is 12.6. The third-order valence-electron chi connectivity index (χ3n) is 3.56. The minimum Gasteiger partial charge on any atom is -0.300 e. The molecule has 2 aromatic rings. The fraction of sp³-hybridized carbons (Fsp3) is 0.125. The maximum Gasteiger partial charge on any atom is 0.416 e. The summed E-state index contributed by atoms with van der Waals surface area (Å²) in [7, 11) is 0. The molecule has 3 rings (SSSR count). The maximum absolute atomic E-state index is 12.6. The van der Waals surface area contributed by atoms with Gasteiger partial charge >= 0.3 is 6.18 Å². The van der Waals surface area contributed by atoms with Crippen LogP contribution in [0.25, 0.3) is 0 Å². The van der Waals surface area contributed by atoms with E-state index in [2.05, 4.69) is 15.9 Å². The van der Waals surface area contributed by atoms with Gasteiger partial charge < -0.3 is 4.90 Å². The molecule has 0 atom stereocenters. The largest absolute Gasteiger partial charge is 0.416 e. The highest BCUT2D eigenvalue weighted by molar-refractivity contribution is 9.10. The number of amides is 1. The average Bonchev–Trinajstić information content (AvgIpc) is 2.72. The van der Waals surface area contributed by atoms with E-state index in [-0.39, 0.29) is 6.54 Å². The Morgan fingerprint density at radius 1 is 1.00 bits per heavy atom. The Kier molecular flexibility index (Phi) is 3.75. The van der Waals surface area contributed by atoms with Crippen LogP contribution in [-0.4, -0.2) is 11.7 Å². The van der Waals surface area contributed by atoms with E-state index in [4.69, 9.17) is 0 Å². The number of fused-ring (bicyclic) bond motifs is 1. The van der Waals surface area contributed by atoms with Crippen LogP contribution in [0.4, 0.5) is 18.9 Å². The molecule has 0 bridgehead atoms. The predicted molar refractivity (Wildman–Crippen MR) is 81.1 cm³/mol. The molecule has 1 aliphatic heterocycles. The number of hydrogen-bond acceptors (Lipinski definition) is 2. The first-order valence-corrected chi connectivity index (χ1v) is 7.38. The molecule has 0 fully saturated rings. The second-order valence-electron chi connectivity index (χ2n) is 5.08. The van der Waals surface area contributed by atoms with Crippen molar-refractivity contribution in [2.75, 3.05) is 4.90 Å². The van der Waals surface area contributed by atoms with Crippen molar-refractivity contribution in [3.05, 3.63) is 63.6 Å². The van der Waals surface area contributed by atoms with Crippen LogP contribution >= 0.6 is 15.9 Å². The summed E-state index contributed by atoms with van der Waals surface area (Å²) in [5.41, 5.74) is 0.500. The summed E-state index contributed by atoms with van der Waals surface area (Å²) in [6.45, 7) is 0.0339. The van der Waals surface area contributed by atoms with Crippen molar-refractivity contribution in [3.8, 4) is 0 Å². The molecular weight excluding hydrogens is 375 g/mol. The topological polar surface area (TPSA) is 37.4 Å². The number of rotatable bonds is 2. The van der Waals surface area contributed by atoms with Crippen molar-refractivity contribution in [3.63, 3.8) is 0 Å². The summed E-state index contributed by atoms with van der Waals surface area (Å²) in [4.78, 5) is 25.3. The molecule has 0 saturated carbocycles. The third kappa shape index (κ3) is 2.88. The average molecular weight is 384 g/mol.